The van der Waals surface area contributed by atoms with E-state index in [1.807, 2.05) is 18.2 Å². The fourth-order valence-corrected chi connectivity index (χ4v) is 2.46. The van der Waals surface area contributed by atoms with Crippen molar-refractivity contribution in [3.05, 3.63) is 18.2 Å². The number of nitrogen functional groups attached to an aromatic ring is 1. The van der Waals surface area contributed by atoms with E-state index in [9.17, 15) is 0 Å². The minimum absolute atomic E-state index is 0.584. The van der Waals surface area contributed by atoms with E-state index in [0.29, 0.717) is 5.82 Å². The highest BCUT2D eigenvalue weighted by atomic mass is 15.0. The van der Waals surface area contributed by atoms with Crippen LogP contribution < -0.4 is 11.1 Å². The summed E-state index contributed by atoms with van der Waals surface area (Å²) in [6.07, 6.45) is 8.35. The second-order valence-electron chi connectivity index (χ2n) is 4.67. The molecule has 3 heteroatoms. The van der Waals surface area contributed by atoms with Crippen LogP contribution in [0.4, 0.5) is 11.6 Å². The van der Waals surface area contributed by atoms with Gasteiger partial charge in [0.1, 0.15) is 11.6 Å². The molecule has 88 valence electrons. The van der Waals surface area contributed by atoms with Crippen LogP contribution in [-0.2, 0) is 0 Å². The maximum Gasteiger partial charge on any atom is 0.128 e. The third-order valence-corrected chi connectivity index (χ3v) is 3.34. The van der Waals surface area contributed by atoms with Crippen LogP contribution in [0.3, 0.4) is 0 Å². The quantitative estimate of drug-likeness (QED) is 0.748. The van der Waals surface area contributed by atoms with Gasteiger partial charge in [-0.25, -0.2) is 4.98 Å². The standard InChI is InChI=1S/C13H21N3/c14-12-8-3-9-13(16-12)15-10-4-7-11-5-1-2-6-11/h3,8-9,11H,1-2,4-7,10H2,(H3,14,15,16). The van der Waals surface area contributed by atoms with E-state index >= 15 is 0 Å². The van der Waals surface area contributed by atoms with Crippen molar-refractivity contribution in [2.45, 2.75) is 38.5 Å². The van der Waals surface area contributed by atoms with Gasteiger partial charge in [0, 0.05) is 6.54 Å². The zero-order valence-electron chi connectivity index (χ0n) is 9.78. The maximum atomic E-state index is 5.61. The van der Waals surface area contributed by atoms with Gasteiger partial charge in [-0.15, -0.1) is 0 Å². The molecule has 0 atom stereocenters. The van der Waals surface area contributed by atoms with Gasteiger partial charge in [-0.05, 0) is 30.9 Å². The number of nitrogens with two attached hydrogens (primary N) is 1. The summed E-state index contributed by atoms with van der Waals surface area (Å²) >= 11 is 0. The molecule has 0 bridgehead atoms. The molecule has 0 aromatic carbocycles. The largest absolute Gasteiger partial charge is 0.384 e. The molecule has 3 N–H and O–H groups in total. The molecule has 3 nitrogen and oxygen atoms in total. The molecule has 0 radical (unpaired) electrons. The van der Waals surface area contributed by atoms with E-state index in [2.05, 4.69) is 10.3 Å². The molecule has 0 amide bonds. The first-order valence-corrected chi connectivity index (χ1v) is 6.31. The Bertz CT molecular complexity index is 319. The molecule has 0 saturated heterocycles. The molecule has 2 rings (SSSR count). The predicted molar refractivity (Wildman–Crippen MR) is 68.3 cm³/mol. The molecule has 1 fully saturated rings. The molecule has 0 aliphatic heterocycles. The lowest BCUT2D eigenvalue weighted by atomic mass is 10.0. The van der Waals surface area contributed by atoms with E-state index in [-0.39, 0.29) is 0 Å². The number of aromatic nitrogens is 1. The summed E-state index contributed by atoms with van der Waals surface area (Å²) in [5.74, 6) is 2.46. The number of hydrogen-bond donors (Lipinski definition) is 2. The van der Waals surface area contributed by atoms with Gasteiger partial charge in [0.2, 0.25) is 0 Å². The van der Waals surface area contributed by atoms with Crippen molar-refractivity contribution in [1.29, 1.82) is 0 Å². The Balaban J connectivity index is 1.64. The molecular weight excluding hydrogens is 198 g/mol. The molecular formula is C13H21N3. The average Bonchev–Trinajstić information content (AvgIpc) is 2.77. The Morgan fingerprint density at radius 3 is 2.88 bits per heavy atom. The van der Waals surface area contributed by atoms with Crippen molar-refractivity contribution in [1.82, 2.24) is 4.98 Å². The van der Waals surface area contributed by atoms with Crippen molar-refractivity contribution in [3.63, 3.8) is 0 Å². The molecule has 1 heterocycles. The van der Waals surface area contributed by atoms with E-state index in [4.69, 9.17) is 5.73 Å². The third-order valence-electron chi connectivity index (χ3n) is 3.34. The van der Waals surface area contributed by atoms with Crippen LogP contribution in [0.25, 0.3) is 0 Å². The van der Waals surface area contributed by atoms with Gasteiger partial charge < -0.3 is 11.1 Å². The second kappa shape index (κ2) is 5.73. The number of nitrogens with one attached hydrogen (secondary N) is 1. The molecule has 1 aliphatic rings. The highest BCUT2D eigenvalue weighted by Gasteiger charge is 2.13. The molecule has 0 unspecified atom stereocenters. The number of nitrogens with zero attached hydrogens (tertiary/aromatic N) is 1. The Hall–Kier alpha value is -1.25. The second-order valence-corrected chi connectivity index (χ2v) is 4.67. The van der Waals surface area contributed by atoms with Gasteiger partial charge in [0.15, 0.2) is 0 Å². The van der Waals surface area contributed by atoms with Crippen LogP contribution in [0.15, 0.2) is 18.2 Å². The monoisotopic (exact) mass is 219 g/mol. The number of hydrogen-bond acceptors (Lipinski definition) is 3. The number of anilines is 2. The van der Waals surface area contributed by atoms with Crippen molar-refractivity contribution in [2.75, 3.05) is 17.6 Å². The SMILES string of the molecule is Nc1cccc(NCCCC2CCCC2)n1. The first kappa shape index (κ1) is 11.2. The van der Waals surface area contributed by atoms with E-state index in [1.54, 1.807) is 0 Å². The summed E-state index contributed by atoms with van der Waals surface area (Å²) in [5.41, 5.74) is 5.61. The zero-order valence-corrected chi connectivity index (χ0v) is 9.78. The molecule has 1 saturated carbocycles. The first-order valence-electron chi connectivity index (χ1n) is 6.31. The Morgan fingerprint density at radius 2 is 2.12 bits per heavy atom. The van der Waals surface area contributed by atoms with Crippen molar-refractivity contribution in [2.24, 2.45) is 5.92 Å². The summed E-state index contributed by atoms with van der Waals surface area (Å²) < 4.78 is 0. The lowest BCUT2D eigenvalue weighted by molar-refractivity contribution is 0.491. The maximum absolute atomic E-state index is 5.61. The van der Waals surface area contributed by atoms with Crippen LogP contribution in [0.5, 0.6) is 0 Å². The third kappa shape index (κ3) is 3.40. The Kier molecular flexibility index (Phi) is 4.03. The zero-order chi connectivity index (χ0) is 11.2. The summed E-state index contributed by atoms with van der Waals surface area (Å²) in [6.45, 7) is 1.01. The smallest absolute Gasteiger partial charge is 0.128 e. The van der Waals surface area contributed by atoms with E-state index in [0.717, 1.165) is 18.3 Å². The summed E-state index contributed by atoms with van der Waals surface area (Å²) in [4.78, 5) is 4.21. The van der Waals surface area contributed by atoms with Crippen LogP contribution in [0, 0.1) is 5.92 Å². The fraction of sp³-hybridized carbons (Fsp3) is 0.615. The Morgan fingerprint density at radius 1 is 1.31 bits per heavy atom. The van der Waals surface area contributed by atoms with Gasteiger partial charge >= 0.3 is 0 Å². The van der Waals surface area contributed by atoms with Crippen LogP contribution in [-0.4, -0.2) is 11.5 Å². The van der Waals surface area contributed by atoms with Gasteiger partial charge in [0.05, 0.1) is 0 Å². The lowest BCUT2D eigenvalue weighted by Gasteiger charge is -2.09. The summed E-state index contributed by atoms with van der Waals surface area (Å²) in [6, 6.07) is 5.71. The summed E-state index contributed by atoms with van der Waals surface area (Å²) in [5, 5.41) is 3.32. The van der Waals surface area contributed by atoms with Crippen molar-refractivity contribution < 1.29 is 0 Å². The predicted octanol–water partition coefficient (Wildman–Crippen LogP) is 3.05. The molecule has 0 spiro atoms. The summed E-state index contributed by atoms with van der Waals surface area (Å²) in [7, 11) is 0. The van der Waals surface area contributed by atoms with Crippen LogP contribution >= 0.6 is 0 Å². The fourth-order valence-electron chi connectivity index (χ4n) is 2.46. The highest BCUT2D eigenvalue weighted by Crippen LogP contribution is 2.28. The van der Waals surface area contributed by atoms with Crippen LogP contribution in [0.1, 0.15) is 38.5 Å². The number of rotatable bonds is 5. The normalized spacial score (nSPS) is 16.5. The molecule has 1 aliphatic carbocycles. The van der Waals surface area contributed by atoms with Gasteiger partial charge in [-0.3, -0.25) is 0 Å². The molecule has 1 aromatic heterocycles. The minimum Gasteiger partial charge on any atom is -0.384 e. The van der Waals surface area contributed by atoms with Gasteiger partial charge in [0.25, 0.3) is 0 Å². The average molecular weight is 219 g/mol. The Labute approximate surface area is 97.5 Å². The van der Waals surface area contributed by atoms with Crippen molar-refractivity contribution >= 4 is 11.6 Å². The topological polar surface area (TPSA) is 50.9 Å². The van der Waals surface area contributed by atoms with Crippen LogP contribution in [0.2, 0.25) is 0 Å². The van der Waals surface area contributed by atoms with Gasteiger partial charge in [-0.2, -0.15) is 0 Å². The minimum atomic E-state index is 0.584. The van der Waals surface area contributed by atoms with E-state index < -0.39 is 0 Å². The first-order chi connectivity index (χ1) is 7.84. The van der Waals surface area contributed by atoms with Gasteiger partial charge in [-0.1, -0.05) is 31.7 Å². The van der Waals surface area contributed by atoms with E-state index in [1.165, 1.54) is 38.5 Å². The highest BCUT2D eigenvalue weighted by molar-refractivity contribution is 5.41. The molecule has 1 aromatic rings. The molecule has 16 heavy (non-hydrogen) atoms. The lowest BCUT2D eigenvalue weighted by Crippen LogP contribution is -2.06. The van der Waals surface area contributed by atoms with Crippen molar-refractivity contribution in [3.8, 4) is 0 Å². The number of pyridine rings is 1.